The topological polar surface area (TPSA) is 59.1 Å². The molecule has 1 fully saturated rings. The van der Waals surface area contributed by atoms with Gasteiger partial charge in [0, 0.05) is 11.6 Å². The zero-order chi connectivity index (χ0) is 15.0. The number of nitrogens with one attached hydrogen (secondary N) is 1. The maximum absolute atomic E-state index is 12.2. The lowest BCUT2D eigenvalue weighted by atomic mass is 9.97. The van der Waals surface area contributed by atoms with Crippen molar-refractivity contribution in [2.45, 2.75) is 56.7 Å². The number of aromatic nitrogens is 1. The third-order valence-electron chi connectivity index (χ3n) is 4.09. The monoisotopic (exact) mass is 316 g/mol. The minimum atomic E-state index is -3.09. The molecule has 1 aromatic heterocycles. The average molecular weight is 316 g/mol. The maximum atomic E-state index is 12.2. The number of thiazole rings is 1. The number of sulfone groups is 1. The molecule has 1 N–H and O–H groups in total. The summed E-state index contributed by atoms with van der Waals surface area (Å²) >= 11 is 1.60. The van der Waals surface area contributed by atoms with E-state index in [2.05, 4.69) is 24.5 Å². The number of nitrogens with zero attached hydrogens (tertiary/aromatic N) is 1. The van der Waals surface area contributed by atoms with Crippen LogP contribution >= 0.6 is 11.3 Å². The van der Waals surface area contributed by atoms with Crippen LogP contribution in [0.25, 0.3) is 0 Å². The lowest BCUT2D eigenvalue weighted by Gasteiger charge is -2.33. The summed E-state index contributed by atoms with van der Waals surface area (Å²) in [6.07, 6.45) is 3.86. The van der Waals surface area contributed by atoms with Crippen LogP contribution in [0.4, 0.5) is 0 Å². The highest BCUT2D eigenvalue weighted by atomic mass is 32.2. The van der Waals surface area contributed by atoms with Crippen molar-refractivity contribution in [2.24, 2.45) is 0 Å². The fourth-order valence-corrected chi connectivity index (χ4v) is 6.10. The van der Waals surface area contributed by atoms with E-state index in [1.54, 1.807) is 11.3 Å². The Bertz CT molecular complexity index is 565. The Labute approximate surface area is 125 Å². The molecule has 1 saturated carbocycles. The van der Waals surface area contributed by atoms with E-state index >= 15 is 0 Å². The van der Waals surface area contributed by atoms with E-state index in [0.717, 1.165) is 36.5 Å². The van der Waals surface area contributed by atoms with E-state index in [4.69, 9.17) is 4.98 Å². The Morgan fingerprint density at radius 2 is 2.25 bits per heavy atom. The summed E-state index contributed by atoms with van der Waals surface area (Å²) in [6.45, 7) is 7.00. The quantitative estimate of drug-likeness (QED) is 0.907. The Morgan fingerprint density at radius 3 is 2.75 bits per heavy atom. The maximum Gasteiger partial charge on any atom is 0.152 e. The fourth-order valence-electron chi connectivity index (χ4n) is 3.15. The van der Waals surface area contributed by atoms with Crippen molar-refractivity contribution >= 4 is 21.2 Å². The molecule has 2 atom stereocenters. The minimum absolute atomic E-state index is 0.360. The van der Waals surface area contributed by atoms with Gasteiger partial charge in [0.05, 0.1) is 16.5 Å². The van der Waals surface area contributed by atoms with Crippen molar-refractivity contribution in [3.8, 4) is 0 Å². The molecule has 1 aliphatic carbocycles. The molecule has 2 rings (SSSR count). The van der Waals surface area contributed by atoms with Crippen molar-refractivity contribution in [2.75, 3.05) is 12.8 Å². The van der Waals surface area contributed by atoms with Crippen LogP contribution in [-0.4, -0.2) is 31.5 Å². The molecule has 0 amide bonds. The summed E-state index contributed by atoms with van der Waals surface area (Å²) in [5, 5.41) is 6.10. The van der Waals surface area contributed by atoms with Crippen molar-refractivity contribution in [1.29, 1.82) is 0 Å². The van der Waals surface area contributed by atoms with Gasteiger partial charge in [-0.05, 0) is 31.7 Å². The molecule has 0 bridgehead atoms. The number of rotatable bonds is 5. The van der Waals surface area contributed by atoms with Crippen LogP contribution in [0.15, 0.2) is 5.38 Å². The zero-order valence-electron chi connectivity index (χ0n) is 12.6. The summed E-state index contributed by atoms with van der Waals surface area (Å²) in [4.78, 5) is 4.74. The van der Waals surface area contributed by atoms with Crippen LogP contribution in [0.5, 0.6) is 0 Å². The van der Waals surface area contributed by atoms with E-state index in [-0.39, 0.29) is 5.25 Å². The number of hydrogen-bond donors (Lipinski definition) is 1. The first-order valence-corrected chi connectivity index (χ1v) is 10.0. The highest BCUT2D eigenvalue weighted by Crippen LogP contribution is 2.44. The van der Waals surface area contributed by atoms with Gasteiger partial charge in [-0.1, -0.05) is 20.8 Å². The van der Waals surface area contributed by atoms with Crippen LogP contribution < -0.4 is 5.32 Å². The molecular formula is C14H24N2O2S2. The van der Waals surface area contributed by atoms with Crippen LogP contribution in [-0.2, 0) is 15.4 Å². The van der Waals surface area contributed by atoms with E-state index in [0.29, 0.717) is 5.92 Å². The van der Waals surface area contributed by atoms with Crippen molar-refractivity contribution in [3.63, 3.8) is 0 Å². The molecule has 0 spiro atoms. The lowest BCUT2D eigenvalue weighted by molar-refractivity contribution is 0.348. The Morgan fingerprint density at radius 1 is 1.55 bits per heavy atom. The summed E-state index contributed by atoms with van der Waals surface area (Å²) < 4.78 is 24.3. The zero-order valence-corrected chi connectivity index (χ0v) is 14.3. The second kappa shape index (κ2) is 5.73. The van der Waals surface area contributed by atoms with Gasteiger partial charge in [0.25, 0.3) is 0 Å². The minimum Gasteiger partial charge on any atom is -0.305 e. The van der Waals surface area contributed by atoms with E-state index in [1.165, 1.54) is 6.26 Å². The summed E-state index contributed by atoms with van der Waals surface area (Å²) in [6, 6.07) is 0. The molecule has 0 saturated heterocycles. The highest BCUT2D eigenvalue weighted by molar-refractivity contribution is 7.91. The molecule has 0 aromatic carbocycles. The molecule has 4 nitrogen and oxygen atoms in total. The molecule has 1 heterocycles. The Kier molecular flexibility index (Phi) is 4.56. The van der Waals surface area contributed by atoms with Gasteiger partial charge in [-0.3, -0.25) is 0 Å². The molecule has 2 unspecified atom stereocenters. The van der Waals surface area contributed by atoms with Crippen molar-refractivity contribution < 1.29 is 8.42 Å². The predicted octanol–water partition coefficient (Wildman–Crippen LogP) is 2.67. The van der Waals surface area contributed by atoms with Crippen molar-refractivity contribution in [3.05, 3.63) is 16.1 Å². The van der Waals surface area contributed by atoms with Gasteiger partial charge < -0.3 is 5.32 Å². The normalized spacial score (nSPS) is 27.4. The van der Waals surface area contributed by atoms with Gasteiger partial charge in [-0.15, -0.1) is 11.3 Å². The van der Waals surface area contributed by atoms with E-state index < -0.39 is 15.4 Å². The van der Waals surface area contributed by atoms with E-state index in [9.17, 15) is 8.42 Å². The van der Waals surface area contributed by atoms with E-state index in [1.807, 2.05) is 6.92 Å². The third kappa shape index (κ3) is 2.78. The molecule has 0 aliphatic heterocycles. The van der Waals surface area contributed by atoms with Gasteiger partial charge in [-0.2, -0.15) is 0 Å². The summed E-state index contributed by atoms with van der Waals surface area (Å²) in [5.74, 6) is 0.372. The highest BCUT2D eigenvalue weighted by Gasteiger charge is 2.50. The molecule has 1 aliphatic rings. The first kappa shape index (κ1) is 15.9. The lowest BCUT2D eigenvalue weighted by Crippen LogP contribution is -2.51. The first-order chi connectivity index (χ1) is 9.31. The smallest absolute Gasteiger partial charge is 0.152 e. The molecular weight excluding hydrogens is 292 g/mol. The predicted molar refractivity (Wildman–Crippen MR) is 84.0 cm³/mol. The fraction of sp³-hybridized carbons (Fsp3) is 0.786. The third-order valence-corrected chi connectivity index (χ3v) is 6.80. The Hall–Kier alpha value is -0.460. The van der Waals surface area contributed by atoms with Crippen molar-refractivity contribution in [1.82, 2.24) is 10.3 Å². The molecule has 20 heavy (non-hydrogen) atoms. The van der Waals surface area contributed by atoms with Gasteiger partial charge >= 0.3 is 0 Å². The molecule has 1 aromatic rings. The molecule has 114 valence electrons. The second-order valence-corrected chi connectivity index (χ2v) is 9.03. The first-order valence-electron chi connectivity index (χ1n) is 7.21. The van der Waals surface area contributed by atoms with Gasteiger partial charge in [0.1, 0.15) is 5.01 Å². The second-order valence-electron chi connectivity index (χ2n) is 5.94. The largest absolute Gasteiger partial charge is 0.305 e. The summed E-state index contributed by atoms with van der Waals surface area (Å²) in [7, 11) is -3.09. The summed E-state index contributed by atoms with van der Waals surface area (Å²) in [5.41, 5.74) is 0.571. The molecule has 0 radical (unpaired) electrons. The standard InChI is InChI=1S/C14H24N2O2S2/c1-5-15-14(8-6-7-12(14)20(4,17)18)13-16-11(9-19-13)10(2)3/h9-10,12,15H,5-8H2,1-4H3. The van der Waals surface area contributed by atoms with Crippen LogP contribution in [0.2, 0.25) is 0 Å². The number of hydrogen-bond acceptors (Lipinski definition) is 5. The van der Waals surface area contributed by atoms with Crippen LogP contribution in [0.1, 0.15) is 56.7 Å². The van der Waals surface area contributed by atoms with Gasteiger partial charge in [0.2, 0.25) is 0 Å². The molecule has 6 heteroatoms. The van der Waals surface area contributed by atoms with Gasteiger partial charge in [-0.25, -0.2) is 13.4 Å². The SMILES string of the molecule is CCNC1(c2nc(C(C)C)cs2)CCCC1S(C)(=O)=O. The van der Waals surface area contributed by atoms with Gasteiger partial charge in [0.15, 0.2) is 9.84 Å². The average Bonchev–Trinajstić information content (AvgIpc) is 2.94. The van der Waals surface area contributed by atoms with Crippen LogP contribution in [0, 0.1) is 0 Å². The van der Waals surface area contributed by atoms with Crippen LogP contribution in [0.3, 0.4) is 0 Å². The Balaban J connectivity index is 2.48.